The summed E-state index contributed by atoms with van der Waals surface area (Å²) >= 11 is 0. The van der Waals surface area contributed by atoms with E-state index in [4.69, 9.17) is 0 Å². The number of hydrogen-bond donors (Lipinski definition) is 0. The summed E-state index contributed by atoms with van der Waals surface area (Å²) in [5.74, 6) is 0.580. The van der Waals surface area contributed by atoms with Crippen molar-refractivity contribution in [3.8, 4) is 0 Å². The summed E-state index contributed by atoms with van der Waals surface area (Å²) in [6.07, 6.45) is 1.86. The molecule has 13 heavy (non-hydrogen) atoms. The summed E-state index contributed by atoms with van der Waals surface area (Å²) in [5, 5.41) is 0. The lowest BCUT2D eigenvalue weighted by molar-refractivity contribution is 0.698. The molecule has 0 radical (unpaired) electrons. The van der Waals surface area contributed by atoms with Gasteiger partial charge in [-0.2, -0.15) is 0 Å². The highest BCUT2D eigenvalue weighted by Gasteiger charge is 2.03. The van der Waals surface area contributed by atoms with E-state index in [-0.39, 0.29) is 11.3 Å². The van der Waals surface area contributed by atoms with Crippen LogP contribution in [-0.4, -0.2) is 4.57 Å². The molecule has 2 unspecified atom stereocenters. The fraction of sp³-hybridized carbons (Fsp3) is 0.500. The third kappa shape index (κ3) is 2.41. The molecular weight excluding hydrogens is 181 g/mol. The van der Waals surface area contributed by atoms with Crippen LogP contribution in [0.2, 0.25) is 0 Å². The second-order valence-corrected chi connectivity index (χ2v) is 4.57. The van der Waals surface area contributed by atoms with Gasteiger partial charge in [-0.15, -0.1) is 9.24 Å². The molecule has 1 aromatic rings. The zero-order valence-electron chi connectivity index (χ0n) is 8.32. The first kappa shape index (κ1) is 10.5. The van der Waals surface area contributed by atoms with Crippen molar-refractivity contribution in [2.45, 2.75) is 32.5 Å². The Kier molecular flexibility index (Phi) is 3.27. The normalized spacial score (nSPS) is 13.3. The van der Waals surface area contributed by atoms with Gasteiger partial charge in [-0.3, -0.25) is 4.79 Å². The van der Waals surface area contributed by atoms with Crippen LogP contribution in [0.1, 0.15) is 38.0 Å². The molecule has 3 heteroatoms. The van der Waals surface area contributed by atoms with Crippen molar-refractivity contribution in [1.82, 2.24) is 4.57 Å². The molecule has 0 fully saturated rings. The van der Waals surface area contributed by atoms with Crippen LogP contribution in [0.5, 0.6) is 0 Å². The fourth-order valence-electron chi connectivity index (χ4n) is 1.20. The SMILES string of the molecule is CC(C)c1ccn(C(C)P)c(=O)c1. The lowest BCUT2D eigenvalue weighted by Crippen LogP contribution is -2.19. The third-order valence-electron chi connectivity index (χ3n) is 2.08. The first-order valence-corrected chi connectivity index (χ1v) is 5.16. The molecule has 0 aromatic carbocycles. The molecule has 2 nitrogen and oxygen atoms in total. The van der Waals surface area contributed by atoms with Crippen molar-refractivity contribution in [1.29, 1.82) is 0 Å². The van der Waals surface area contributed by atoms with Crippen molar-refractivity contribution < 1.29 is 0 Å². The van der Waals surface area contributed by atoms with E-state index < -0.39 is 0 Å². The zero-order chi connectivity index (χ0) is 10.0. The highest BCUT2D eigenvalue weighted by molar-refractivity contribution is 7.16. The first-order chi connectivity index (χ1) is 6.02. The summed E-state index contributed by atoms with van der Waals surface area (Å²) in [4.78, 5) is 11.5. The summed E-state index contributed by atoms with van der Waals surface area (Å²) < 4.78 is 1.70. The summed E-state index contributed by atoms with van der Waals surface area (Å²) in [5.41, 5.74) is 1.18. The molecule has 1 heterocycles. The van der Waals surface area contributed by atoms with Gasteiger partial charge < -0.3 is 4.57 Å². The predicted molar refractivity (Wildman–Crippen MR) is 59.2 cm³/mol. The summed E-state index contributed by atoms with van der Waals surface area (Å²) in [6, 6.07) is 3.72. The number of hydrogen-bond acceptors (Lipinski definition) is 1. The Hall–Kier alpha value is -0.620. The maximum absolute atomic E-state index is 11.5. The second kappa shape index (κ2) is 4.06. The van der Waals surface area contributed by atoms with Gasteiger partial charge in [0.25, 0.3) is 5.56 Å². The van der Waals surface area contributed by atoms with Crippen molar-refractivity contribution >= 4 is 9.24 Å². The Morgan fingerprint density at radius 1 is 1.38 bits per heavy atom. The van der Waals surface area contributed by atoms with Crippen molar-refractivity contribution in [3.63, 3.8) is 0 Å². The fourth-order valence-corrected chi connectivity index (χ4v) is 1.45. The summed E-state index contributed by atoms with van der Waals surface area (Å²) in [6.45, 7) is 6.15. The van der Waals surface area contributed by atoms with Crippen LogP contribution in [-0.2, 0) is 0 Å². The van der Waals surface area contributed by atoms with Crippen LogP contribution in [0.25, 0.3) is 0 Å². The van der Waals surface area contributed by atoms with Crippen LogP contribution in [0, 0.1) is 0 Å². The Balaban J connectivity index is 3.14. The molecule has 0 saturated carbocycles. The molecule has 0 bridgehead atoms. The van der Waals surface area contributed by atoms with E-state index >= 15 is 0 Å². The van der Waals surface area contributed by atoms with Gasteiger partial charge in [0.05, 0.1) is 0 Å². The van der Waals surface area contributed by atoms with E-state index in [0.29, 0.717) is 5.92 Å². The van der Waals surface area contributed by atoms with E-state index in [1.54, 1.807) is 10.6 Å². The van der Waals surface area contributed by atoms with Gasteiger partial charge in [-0.05, 0) is 24.5 Å². The maximum Gasteiger partial charge on any atom is 0.251 e. The quantitative estimate of drug-likeness (QED) is 0.667. The van der Waals surface area contributed by atoms with Crippen LogP contribution >= 0.6 is 9.24 Å². The van der Waals surface area contributed by atoms with Gasteiger partial charge in [0.1, 0.15) is 0 Å². The third-order valence-corrected chi connectivity index (χ3v) is 2.40. The highest BCUT2D eigenvalue weighted by atomic mass is 31.0. The number of rotatable bonds is 2. The average Bonchev–Trinajstić information content (AvgIpc) is 2.03. The summed E-state index contributed by atoms with van der Waals surface area (Å²) in [7, 11) is 2.61. The Labute approximate surface area is 81.2 Å². The van der Waals surface area contributed by atoms with Crippen molar-refractivity contribution in [2.24, 2.45) is 0 Å². The lowest BCUT2D eigenvalue weighted by atomic mass is 10.1. The van der Waals surface area contributed by atoms with Gasteiger partial charge >= 0.3 is 0 Å². The zero-order valence-corrected chi connectivity index (χ0v) is 9.47. The average molecular weight is 197 g/mol. The Bertz CT molecular complexity index is 341. The Morgan fingerprint density at radius 2 is 2.00 bits per heavy atom. The van der Waals surface area contributed by atoms with Gasteiger partial charge in [-0.1, -0.05) is 13.8 Å². The van der Waals surface area contributed by atoms with E-state index in [9.17, 15) is 4.79 Å². The molecular formula is C10H16NOP. The topological polar surface area (TPSA) is 22.0 Å². The van der Waals surface area contributed by atoms with Crippen LogP contribution < -0.4 is 5.56 Å². The van der Waals surface area contributed by atoms with Crippen molar-refractivity contribution in [2.75, 3.05) is 0 Å². The lowest BCUT2D eigenvalue weighted by Gasteiger charge is -2.11. The highest BCUT2D eigenvalue weighted by Crippen LogP contribution is 2.14. The molecule has 0 aliphatic rings. The minimum absolute atomic E-state index is 0.0775. The largest absolute Gasteiger partial charge is 0.309 e. The molecule has 2 atom stereocenters. The predicted octanol–water partition coefficient (Wildman–Crippen LogP) is 2.37. The molecule has 0 spiro atoms. The molecule has 0 saturated heterocycles. The first-order valence-electron chi connectivity index (χ1n) is 4.50. The van der Waals surface area contributed by atoms with Crippen molar-refractivity contribution in [3.05, 3.63) is 34.2 Å². The number of nitrogens with zero attached hydrogens (tertiary/aromatic N) is 1. The molecule has 0 amide bonds. The number of aromatic nitrogens is 1. The van der Waals surface area contributed by atoms with Gasteiger partial charge in [0.15, 0.2) is 0 Å². The molecule has 0 aliphatic carbocycles. The molecule has 1 rings (SSSR count). The molecule has 0 N–H and O–H groups in total. The minimum Gasteiger partial charge on any atom is -0.309 e. The minimum atomic E-state index is 0.0775. The molecule has 0 aliphatic heterocycles. The standard InChI is InChI=1S/C10H16NOP/c1-7(2)9-4-5-11(8(3)13)10(12)6-9/h4-8H,13H2,1-3H3. The van der Waals surface area contributed by atoms with Gasteiger partial charge in [0.2, 0.25) is 0 Å². The van der Waals surface area contributed by atoms with Gasteiger partial charge in [0, 0.05) is 18.0 Å². The molecule has 1 aromatic heterocycles. The van der Waals surface area contributed by atoms with Crippen LogP contribution in [0.3, 0.4) is 0 Å². The van der Waals surface area contributed by atoms with E-state index in [2.05, 4.69) is 23.1 Å². The smallest absolute Gasteiger partial charge is 0.251 e. The van der Waals surface area contributed by atoms with Crippen LogP contribution in [0.4, 0.5) is 0 Å². The van der Waals surface area contributed by atoms with Gasteiger partial charge in [-0.25, -0.2) is 0 Å². The number of pyridine rings is 1. The van der Waals surface area contributed by atoms with E-state index in [1.165, 1.54) is 0 Å². The van der Waals surface area contributed by atoms with E-state index in [1.807, 2.05) is 19.2 Å². The van der Waals surface area contributed by atoms with Crippen LogP contribution in [0.15, 0.2) is 23.1 Å². The monoisotopic (exact) mass is 197 g/mol. The maximum atomic E-state index is 11.5. The second-order valence-electron chi connectivity index (χ2n) is 3.60. The Morgan fingerprint density at radius 3 is 2.38 bits per heavy atom. The molecule has 72 valence electrons. The van der Waals surface area contributed by atoms with E-state index in [0.717, 1.165) is 5.56 Å².